The number of hydrogen-bond acceptors (Lipinski definition) is 4. The molecule has 4 rings (SSSR count). The molecule has 2 atom stereocenters. The summed E-state index contributed by atoms with van der Waals surface area (Å²) in [6.45, 7) is 9.59. The first kappa shape index (κ1) is 25.2. The predicted octanol–water partition coefficient (Wildman–Crippen LogP) is 3.89. The topological polar surface area (TPSA) is 53.1 Å². The number of rotatable bonds is 6. The fourth-order valence-electron chi connectivity index (χ4n) is 4.94. The highest BCUT2D eigenvalue weighted by molar-refractivity contribution is 5.81. The van der Waals surface area contributed by atoms with Crippen LogP contribution in [-0.4, -0.2) is 72.4 Å². The monoisotopic (exact) mass is 481 g/mol. The van der Waals surface area contributed by atoms with Crippen molar-refractivity contribution in [3.8, 4) is 5.75 Å². The number of nitrogens with zero attached hydrogens (tertiary/aromatic N) is 3. The van der Waals surface area contributed by atoms with Crippen molar-refractivity contribution in [3.05, 3.63) is 65.0 Å². The lowest BCUT2D eigenvalue weighted by atomic mass is 9.87. The highest BCUT2D eigenvalue weighted by Gasteiger charge is 2.33. The molecule has 2 aromatic carbocycles. The fraction of sp³-hybridized carbons (Fsp3) is 0.500. The molecule has 35 heavy (non-hydrogen) atoms. The van der Waals surface area contributed by atoms with Crippen LogP contribution >= 0.6 is 0 Å². The molecule has 2 amide bonds. The van der Waals surface area contributed by atoms with Gasteiger partial charge in [-0.25, -0.2) is 4.39 Å². The van der Waals surface area contributed by atoms with Gasteiger partial charge >= 0.3 is 0 Å². The molecule has 1 saturated heterocycles. The zero-order chi connectivity index (χ0) is 25.1. The number of carbonyl (C=O) groups excluding carboxylic acids is 2. The SMILES string of the molecule is CC(C)CC(=O)N1CCc2ccc(O[C@H](C)C(=O)N3CCN(C)CC3)cc2[C@H]1c1ccc(F)cc1. The molecule has 0 radical (unpaired) electrons. The first-order valence-corrected chi connectivity index (χ1v) is 12.5. The normalized spacial score (nSPS) is 19.4. The van der Waals surface area contributed by atoms with Gasteiger partial charge in [0.25, 0.3) is 5.91 Å². The van der Waals surface area contributed by atoms with E-state index >= 15 is 0 Å². The average Bonchev–Trinajstić information content (AvgIpc) is 2.83. The van der Waals surface area contributed by atoms with Crippen LogP contribution in [0, 0.1) is 11.7 Å². The summed E-state index contributed by atoms with van der Waals surface area (Å²) >= 11 is 0. The highest BCUT2D eigenvalue weighted by Crippen LogP contribution is 2.38. The first-order chi connectivity index (χ1) is 16.7. The Kier molecular flexibility index (Phi) is 7.75. The summed E-state index contributed by atoms with van der Waals surface area (Å²) in [5, 5.41) is 0. The standard InChI is InChI=1S/C28H36FN3O3/c1-19(2)17-26(33)32-12-11-21-7-10-24(18-25(21)27(32)22-5-8-23(29)9-6-22)35-20(3)28(34)31-15-13-30(4)14-16-31/h5-10,18-20,27H,11-17H2,1-4H3/t20-,27-/m1/s1. The smallest absolute Gasteiger partial charge is 0.263 e. The third kappa shape index (κ3) is 5.84. The van der Waals surface area contributed by atoms with Crippen LogP contribution in [0.2, 0.25) is 0 Å². The van der Waals surface area contributed by atoms with E-state index in [1.165, 1.54) is 12.1 Å². The van der Waals surface area contributed by atoms with Crippen LogP contribution in [0.4, 0.5) is 4.39 Å². The molecule has 7 heteroatoms. The third-order valence-electron chi connectivity index (χ3n) is 6.91. The largest absolute Gasteiger partial charge is 0.481 e. The summed E-state index contributed by atoms with van der Waals surface area (Å²) in [4.78, 5) is 32.1. The van der Waals surface area contributed by atoms with E-state index in [9.17, 15) is 14.0 Å². The van der Waals surface area contributed by atoms with Gasteiger partial charge in [-0.05, 0) is 67.3 Å². The number of hydrogen-bond donors (Lipinski definition) is 0. The number of carbonyl (C=O) groups is 2. The minimum absolute atomic E-state index is 0.0142. The maximum atomic E-state index is 13.7. The Labute approximate surface area is 207 Å². The zero-order valence-corrected chi connectivity index (χ0v) is 21.2. The number of halogens is 1. The number of piperazine rings is 1. The summed E-state index contributed by atoms with van der Waals surface area (Å²) < 4.78 is 19.8. The Morgan fingerprint density at radius 3 is 2.34 bits per heavy atom. The third-order valence-corrected chi connectivity index (χ3v) is 6.91. The number of benzene rings is 2. The summed E-state index contributed by atoms with van der Waals surface area (Å²) in [5.74, 6) is 0.612. The van der Waals surface area contributed by atoms with Crippen molar-refractivity contribution in [2.75, 3.05) is 39.8 Å². The maximum Gasteiger partial charge on any atom is 0.263 e. The molecule has 1 fully saturated rings. The Hall–Kier alpha value is -2.93. The van der Waals surface area contributed by atoms with Gasteiger partial charge in [-0.1, -0.05) is 32.0 Å². The van der Waals surface area contributed by atoms with E-state index in [1.807, 2.05) is 41.8 Å². The molecule has 2 heterocycles. The van der Waals surface area contributed by atoms with Crippen molar-refractivity contribution in [2.45, 2.75) is 45.8 Å². The van der Waals surface area contributed by atoms with E-state index in [-0.39, 0.29) is 29.6 Å². The summed E-state index contributed by atoms with van der Waals surface area (Å²) in [7, 11) is 2.06. The van der Waals surface area contributed by atoms with Gasteiger partial charge in [-0.2, -0.15) is 0 Å². The molecule has 2 aliphatic heterocycles. The van der Waals surface area contributed by atoms with Gasteiger partial charge in [-0.15, -0.1) is 0 Å². The van der Waals surface area contributed by atoms with Crippen LogP contribution in [0.15, 0.2) is 42.5 Å². The molecule has 0 spiro atoms. The molecule has 6 nitrogen and oxygen atoms in total. The first-order valence-electron chi connectivity index (χ1n) is 12.5. The molecule has 2 aromatic rings. The quantitative estimate of drug-likeness (QED) is 0.628. The van der Waals surface area contributed by atoms with Gasteiger partial charge in [0, 0.05) is 39.1 Å². The lowest BCUT2D eigenvalue weighted by Gasteiger charge is -2.38. The van der Waals surface area contributed by atoms with Crippen LogP contribution in [-0.2, 0) is 16.0 Å². The van der Waals surface area contributed by atoms with E-state index in [2.05, 4.69) is 11.9 Å². The Balaban J connectivity index is 1.60. The molecule has 0 aromatic heterocycles. The second-order valence-electron chi connectivity index (χ2n) is 10.1. The summed E-state index contributed by atoms with van der Waals surface area (Å²) in [6.07, 6.45) is 0.593. The van der Waals surface area contributed by atoms with Crippen molar-refractivity contribution in [1.29, 1.82) is 0 Å². The van der Waals surface area contributed by atoms with Gasteiger partial charge in [0.15, 0.2) is 6.10 Å². The number of fused-ring (bicyclic) bond motifs is 1. The Morgan fingerprint density at radius 2 is 1.69 bits per heavy atom. The van der Waals surface area contributed by atoms with E-state index < -0.39 is 6.10 Å². The molecule has 0 bridgehead atoms. The minimum Gasteiger partial charge on any atom is -0.481 e. The number of likely N-dealkylation sites (N-methyl/N-ethyl adjacent to an activating group) is 1. The lowest BCUT2D eigenvalue weighted by molar-refractivity contribution is -0.139. The van der Waals surface area contributed by atoms with E-state index in [0.717, 1.165) is 36.2 Å². The van der Waals surface area contributed by atoms with Gasteiger partial charge in [-0.3, -0.25) is 9.59 Å². The summed E-state index contributed by atoms with van der Waals surface area (Å²) in [6, 6.07) is 11.9. The molecule has 0 unspecified atom stereocenters. The molecule has 0 saturated carbocycles. The number of ether oxygens (including phenoxy) is 1. The van der Waals surface area contributed by atoms with Gasteiger partial charge in [0.1, 0.15) is 11.6 Å². The van der Waals surface area contributed by atoms with E-state index in [0.29, 0.717) is 31.8 Å². The van der Waals surface area contributed by atoms with Crippen LogP contribution in [0.25, 0.3) is 0 Å². The second kappa shape index (κ2) is 10.8. The Morgan fingerprint density at radius 1 is 1.00 bits per heavy atom. The van der Waals surface area contributed by atoms with Crippen LogP contribution < -0.4 is 4.74 Å². The Bertz CT molecular complexity index is 1050. The molecule has 0 aliphatic carbocycles. The van der Waals surface area contributed by atoms with E-state index in [4.69, 9.17) is 4.74 Å². The molecular formula is C28H36FN3O3. The molecular weight excluding hydrogens is 445 g/mol. The molecule has 0 N–H and O–H groups in total. The zero-order valence-electron chi connectivity index (χ0n) is 21.2. The van der Waals surface area contributed by atoms with Crippen molar-refractivity contribution < 1.29 is 18.7 Å². The predicted molar refractivity (Wildman–Crippen MR) is 134 cm³/mol. The number of amides is 2. The molecule has 188 valence electrons. The van der Waals surface area contributed by atoms with Crippen molar-refractivity contribution in [2.24, 2.45) is 5.92 Å². The van der Waals surface area contributed by atoms with Gasteiger partial charge in [0.05, 0.1) is 6.04 Å². The highest BCUT2D eigenvalue weighted by atomic mass is 19.1. The lowest BCUT2D eigenvalue weighted by Crippen LogP contribution is -2.50. The van der Waals surface area contributed by atoms with Crippen LogP contribution in [0.1, 0.15) is 49.9 Å². The molecule has 2 aliphatic rings. The van der Waals surface area contributed by atoms with Crippen molar-refractivity contribution >= 4 is 11.8 Å². The second-order valence-corrected chi connectivity index (χ2v) is 10.1. The van der Waals surface area contributed by atoms with Crippen molar-refractivity contribution in [1.82, 2.24) is 14.7 Å². The van der Waals surface area contributed by atoms with Crippen LogP contribution in [0.3, 0.4) is 0 Å². The van der Waals surface area contributed by atoms with Crippen LogP contribution in [0.5, 0.6) is 5.75 Å². The average molecular weight is 482 g/mol. The van der Waals surface area contributed by atoms with Crippen molar-refractivity contribution in [3.63, 3.8) is 0 Å². The fourth-order valence-corrected chi connectivity index (χ4v) is 4.94. The summed E-state index contributed by atoms with van der Waals surface area (Å²) in [5.41, 5.74) is 2.97. The minimum atomic E-state index is -0.608. The van der Waals surface area contributed by atoms with Gasteiger partial charge in [0.2, 0.25) is 5.91 Å². The van der Waals surface area contributed by atoms with Gasteiger partial charge < -0.3 is 19.4 Å². The maximum absolute atomic E-state index is 13.7. The van der Waals surface area contributed by atoms with E-state index in [1.54, 1.807) is 19.1 Å².